The topological polar surface area (TPSA) is 124 Å². The Kier molecular flexibility index (Phi) is 6.68. The Balaban J connectivity index is 1.49. The van der Waals surface area contributed by atoms with Crippen LogP contribution in [0.5, 0.6) is 11.5 Å². The number of hydrogen-bond donors (Lipinski definition) is 1. The van der Waals surface area contributed by atoms with Crippen molar-refractivity contribution in [1.29, 1.82) is 0 Å². The van der Waals surface area contributed by atoms with Crippen LogP contribution in [0.1, 0.15) is 18.7 Å². The molecule has 0 saturated carbocycles. The van der Waals surface area contributed by atoms with Crippen LogP contribution in [-0.4, -0.2) is 56.1 Å². The summed E-state index contributed by atoms with van der Waals surface area (Å²) in [5, 5.41) is 8.37. The molecule has 1 fully saturated rings. The number of benzene rings is 1. The molecule has 1 unspecified atom stereocenters. The van der Waals surface area contributed by atoms with Crippen molar-refractivity contribution < 1.29 is 27.2 Å². The summed E-state index contributed by atoms with van der Waals surface area (Å²) in [6, 6.07) is 6.64. The highest BCUT2D eigenvalue weighted by atomic mass is 32.2. The number of piperidine rings is 1. The molecule has 1 amide bonds. The fourth-order valence-corrected chi connectivity index (χ4v) is 6.47. The molecular weight excluding hydrogens is 468 g/mol. The summed E-state index contributed by atoms with van der Waals surface area (Å²) >= 11 is 1.09. The SMILES string of the molecule is COc1ccc(OC)c(NC(=O)C2CCCN(S(=O)(=O)c3cc(-c4noc(C)n4)cs3)C2)c1. The van der Waals surface area contributed by atoms with Gasteiger partial charge in [-0.2, -0.15) is 9.29 Å². The van der Waals surface area contributed by atoms with Crippen molar-refractivity contribution in [3.63, 3.8) is 0 Å². The summed E-state index contributed by atoms with van der Waals surface area (Å²) in [5.74, 6) is 1.04. The van der Waals surface area contributed by atoms with Crippen LogP contribution in [0.25, 0.3) is 11.4 Å². The summed E-state index contributed by atoms with van der Waals surface area (Å²) in [4.78, 5) is 17.1. The summed E-state index contributed by atoms with van der Waals surface area (Å²) in [6.07, 6.45) is 1.16. The number of rotatable bonds is 7. The minimum atomic E-state index is -3.76. The molecule has 1 aliphatic rings. The monoisotopic (exact) mass is 492 g/mol. The van der Waals surface area contributed by atoms with Gasteiger partial charge >= 0.3 is 0 Å². The molecule has 0 aliphatic carbocycles. The molecule has 1 aliphatic heterocycles. The number of thiophene rings is 1. The standard InChI is InChI=1S/C21H24N4O6S2/c1-13-22-20(24-31-13)15-9-19(32-12-15)33(27,28)25-8-4-5-14(11-25)21(26)23-17-10-16(29-2)6-7-18(17)30-3/h6-7,9-10,12,14H,4-5,8,11H2,1-3H3,(H,23,26). The minimum Gasteiger partial charge on any atom is -0.497 e. The molecule has 12 heteroatoms. The third kappa shape index (κ3) is 4.87. The van der Waals surface area contributed by atoms with Gasteiger partial charge in [0.2, 0.25) is 17.6 Å². The van der Waals surface area contributed by atoms with E-state index in [9.17, 15) is 13.2 Å². The van der Waals surface area contributed by atoms with Gasteiger partial charge in [0.25, 0.3) is 10.0 Å². The van der Waals surface area contributed by atoms with Crippen LogP contribution in [0.15, 0.2) is 38.4 Å². The lowest BCUT2D eigenvalue weighted by Gasteiger charge is -2.30. The maximum Gasteiger partial charge on any atom is 0.252 e. The fourth-order valence-electron chi connectivity index (χ4n) is 3.63. The number of sulfonamides is 1. The second kappa shape index (κ2) is 9.49. The fraction of sp³-hybridized carbons (Fsp3) is 0.381. The number of methoxy groups -OCH3 is 2. The normalized spacial score (nSPS) is 17.0. The largest absolute Gasteiger partial charge is 0.497 e. The van der Waals surface area contributed by atoms with Crippen molar-refractivity contribution in [2.75, 3.05) is 32.6 Å². The number of anilines is 1. The molecule has 1 N–H and O–H groups in total. The quantitative estimate of drug-likeness (QED) is 0.533. The first-order chi connectivity index (χ1) is 15.8. The van der Waals surface area contributed by atoms with Crippen LogP contribution in [0.3, 0.4) is 0 Å². The van der Waals surface area contributed by atoms with E-state index in [0.29, 0.717) is 53.9 Å². The van der Waals surface area contributed by atoms with Crippen LogP contribution >= 0.6 is 11.3 Å². The summed E-state index contributed by atoms with van der Waals surface area (Å²) in [7, 11) is -0.718. The average molecular weight is 493 g/mol. The lowest BCUT2D eigenvalue weighted by molar-refractivity contribution is -0.120. The summed E-state index contributed by atoms with van der Waals surface area (Å²) in [6.45, 7) is 2.11. The molecule has 0 bridgehead atoms. The smallest absolute Gasteiger partial charge is 0.252 e. The van der Waals surface area contributed by atoms with E-state index in [1.54, 1.807) is 30.5 Å². The number of carbonyl (C=O) groups excluding carboxylic acids is 1. The van der Waals surface area contributed by atoms with Gasteiger partial charge in [-0.15, -0.1) is 11.3 Å². The number of amides is 1. The van der Waals surface area contributed by atoms with Crippen LogP contribution in [0.2, 0.25) is 0 Å². The van der Waals surface area contributed by atoms with Crippen LogP contribution in [0.4, 0.5) is 5.69 Å². The van der Waals surface area contributed by atoms with E-state index in [1.807, 2.05) is 0 Å². The van der Waals surface area contributed by atoms with Gasteiger partial charge in [0, 0.05) is 37.0 Å². The lowest BCUT2D eigenvalue weighted by atomic mass is 9.98. The van der Waals surface area contributed by atoms with Gasteiger partial charge in [0.05, 0.1) is 25.8 Å². The second-order valence-corrected chi connectivity index (χ2v) is 10.6. The number of hydrogen-bond acceptors (Lipinski definition) is 9. The van der Waals surface area contributed by atoms with Crippen LogP contribution in [0, 0.1) is 12.8 Å². The molecule has 10 nitrogen and oxygen atoms in total. The van der Waals surface area contributed by atoms with Gasteiger partial charge in [-0.05, 0) is 31.0 Å². The maximum absolute atomic E-state index is 13.3. The highest BCUT2D eigenvalue weighted by molar-refractivity contribution is 7.91. The first kappa shape index (κ1) is 23.2. The molecule has 4 rings (SSSR count). The number of aryl methyl sites for hydroxylation is 1. The maximum atomic E-state index is 13.3. The Labute approximate surface area is 195 Å². The number of nitrogens with one attached hydrogen (secondary N) is 1. The molecule has 0 spiro atoms. The van der Waals surface area contributed by atoms with E-state index in [-0.39, 0.29) is 16.7 Å². The number of ether oxygens (including phenoxy) is 2. The molecular formula is C21H24N4O6S2. The molecule has 0 radical (unpaired) electrons. The highest BCUT2D eigenvalue weighted by Crippen LogP contribution is 2.33. The molecule has 33 heavy (non-hydrogen) atoms. The molecule has 3 heterocycles. The predicted octanol–water partition coefficient (Wildman–Crippen LogP) is 3.16. The summed E-state index contributed by atoms with van der Waals surface area (Å²) < 4.78 is 43.5. The van der Waals surface area contributed by atoms with Crippen molar-refractivity contribution in [3.05, 3.63) is 35.5 Å². The predicted molar refractivity (Wildman–Crippen MR) is 122 cm³/mol. The first-order valence-electron chi connectivity index (χ1n) is 10.2. The number of aromatic nitrogens is 2. The van der Waals surface area contributed by atoms with Crippen molar-refractivity contribution in [2.45, 2.75) is 24.0 Å². The van der Waals surface area contributed by atoms with E-state index >= 15 is 0 Å². The van der Waals surface area contributed by atoms with E-state index in [0.717, 1.165) is 11.3 Å². The van der Waals surface area contributed by atoms with E-state index < -0.39 is 15.9 Å². The third-order valence-electron chi connectivity index (χ3n) is 5.37. The van der Waals surface area contributed by atoms with Gasteiger partial charge < -0.3 is 19.3 Å². The first-order valence-corrected chi connectivity index (χ1v) is 12.6. The molecule has 1 atom stereocenters. The highest BCUT2D eigenvalue weighted by Gasteiger charge is 2.34. The van der Waals surface area contributed by atoms with Gasteiger partial charge in [-0.25, -0.2) is 8.42 Å². The van der Waals surface area contributed by atoms with Crippen LogP contribution < -0.4 is 14.8 Å². The van der Waals surface area contributed by atoms with Crippen molar-refractivity contribution in [3.8, 4) is 22.9 Å². The Bertz CT molecular complexity index is 1250. The van der Waals surface area contributed by atoms with Crippen molar-refractivity contribution >= 4 is 33.0 Å². The Morgan fingerprint density at radius 3 is 2.79 bits per heavy atom. The van der Waals surface area contributed by atoms with Gasteiger partial charge in [0.1, 0.15) is 15.7 Å². The molecule has 2 aromatic heterocycles. The zero-order valence-corrected chi connectivity index (χ0v) is 20.0. The molecule has 3 aromatic rings. The van der Waals surface area contributed by atoms with E-state index in [4.69, 9.17) is 14.0 Å². The summed E-state index contributed by atoms with van der Waals surface area (Å²) in [5.41, 5.74) is 1.05. The van der Waals surface area contributed by atoms with E-state index in [1.165, 1.54) is 24.6 Å². The average Bonchev–Trinajstić information content (AvgIpc) is 3.48. The number of carbonyl (C=O) groups is 1. The lowest BCUT2D eigenvalue weighted by Crippen LogP contribution is -2.43. The van der Waals surface area contributed by atoms with Gasteiger partial charge in [-0.1, -0.05) is 5.16 Å². The second-order valence-electron chi connectivity index (χ2n) is 7.55. The zero-order valence-electron chi connectivity index (χ0n) is 18.4. The Morgan fingerprint density at radius 1 is 1.27 bits per heavy atom. The van der Waals surface area contributed by atoms with E-state index in [2.05, 4.69) is 15.5 Å². The molecule has 1 aromatic carbocycles. The Morgan fingerprint density at radius 2 is 2.09 bits per heavy atom. The third-order valence-corrected chi connectivity index (χ3v) is 8.66. The zero-order chi connectivity index (χ0) is 23.6. The number of nitrogens with zero attached hydrogens (tertiary/aromatic N) is 3. The van der Waals surface area contributed by atoms with Crippen molar-refractivity contribution in [2.24, 2.45) is 5.92 Å². The Hall–Kier alpha value is -2.96. The minimum absolute atomic E-state index is 0.0923. The van der Waals surface area contributed by atoms with Gasteiger partial charge in [0.15, 0.2) is 0 Å². The van der Waals surface area contributed by atoms with Gasteiger partial charge in [-0.3, -0.25) is 4.79 Å². The van der Waals surface area contributed by atoms with Crippen LogP contribution in [-0.2, 0) is 14.8 Å². The molecule has 176 valence electrons. The van der Waals surface area contributed by atoms with Crippen molar-refractivity contribution in [1.82, 2.24) is 14.4 Å². The molecule has 1 saturated heterocycles.